The fourth-order valence-corrected chi connectivity index (χ4v) is 3.39. The molecule has 1 amide bonds. The molecule has 1 aromatic heterocycles. The van der Waals surface area contributed by atoms with E-state index >= 15 is 0 Å². The molecule has 1 fully saturated rings. The highest BCUT2D eigenvalue weighted by Gasteiger charge is 2.22. The Morgan fingerprint density at radius 1 is 1.25 bits per heavy atom. The van der Waals surface area contributed by atoms with Crippen molar-refractivity contribution >= 4 is 23.2 Å². The van der Waals surface area contributed by atoms with Crippen LogP contribution in [0.2, 0.25) is 0 Å². The van der Waals surface area contributed by atoms with Gasteiger partial charge in [0.25, 0.3) is 0 Å². The molecule has 0 saturated carbocycles. The lowest BCUT2D eigenvalue weighted by Crippen LogP contribution is -2.49. The first kappa shape index (κ1) is 18.8. The van der Waals surface area contributed by atoms with Crippen LogP contribution in [-0.4, -0.2) is 71.0 Å². The van der Waals surface area contributed by atoms with Gasteiger partial charge >= 0.3 is 5.97 Å². The summed E-state index contributed by atoms with van der Waals surface area (Å²) in [6, 6.07) is 0. The van der Waals surface area contributed by atoms with Gasteiger partial charge in [0, 0.05) is 43.5 Å². The summed E-state index contributed by atoms with van der Waals surface area (Å²) in [6.07, 6.45) is 0. The zero-order valence-corrected chi connectivity index (χ0v) is 15.4. The van der Waals surface area contributed by atoms with E-state index in [0.29, 0.717) is 0 Å². The lowest BCUT2D eigenvalue weighted by atomic mass is 9.98. The molecule has 1 aliphatic rings. The number of aliphatic carboxylic acids is 1. The third-order valence-corrected chi connectivity index (χ3v) is 5.16. The zero-order valence-electron chi connectivity index (χ0n) is 14.5. The van der Waals surface area contributed by atoms with Crippen LogP contribution in [0, 0.1) is 0 Å². The summed E-state index contributed by atoms with van der Waals surface area (Å²) < 4.78 is 0. The highest BCUT2D eigenvalue weighted by molar-refractivity contribution is 7.09. The van der Waals surface area contributed by atoms with Crippen LogP contribution in [0.5, 0.6) is 0 Å². The SMILES string of the molecule is CC(C)(C)c1nc(CN2CCN(CC(=O)NCC(=O)O)CC2)cs1. The zero-order chi connectivity index (χ0) is 17.7. The third-order valence-electron chi connectivity index (χ3n) is 3.85. The molecule has 134 valence electrons. The minimum absolute atomic E-state index is 0.0882. The molecule has 0 unspecified atom stereocenters. The highest BCUT2D eigenvalue weighted by Crippen LogP contribution is 2.26. The maximum absolute atomic E-state index is 11.6. The van der Waals surface area contributed by atoms with Crippen molar-refractivity contribution in [1.82, 2.24) is 20.1 Å². The van der Waals surface area contributed by atoms with E-state index in [0.717, 1.165) is 43.4 Å². The minimum Gasteiger partial charge on any atom is -0.480 e. The van der Waals surface area contributed by atoms with E-state index < -0.39 is 5.97 Å². The molecule has 2 rings (SSSR count). The Morgan fingerprint density at radius 3 is 2.42 bits per heavy atom. The van der Waals surface area contributed by atoms with Crippen molar-refractivity contribution in [2.24, 2.45) is 0 Å². The molecule has 7 nitrogen and oxygen atoms in total. The van der Waals surface area contributed by atoms with E-state index in [-0.39, 0.29) is 24.4 Å². The summed E-state index contributed by atoms with van der Waals surface area (Å²) in [7, 11) is 0. The first-order valence-corrected chi connectivity index (χ1v) is 9.00. The predicted molar refractivity (Wildman–Crippen MR) is 93.2 cm³/mol. The maximum atomic E-state index is 11.6. The Bertz CT molecular complexity index is 574. The summed E-state index contributed by atoms with van der Waals surface area (Å²) in [4.78, 5) is 31.2. The molecule has 0 atom stereocenters. The second kappa shape index (κ2) is 8.04. The smallest absolute Gasteiger partial charge is 0.322 e. The molecule has 24 heavy (non-hydrogen) atoms. The van der Waals surface area contributed by atoms with Gasteiger partial charge in [0.05, 0.1) is 17.2 Å². The Labute approximate surface area is 146 Å². The number of hydrogen-bond donors (Lipinski definition) is 2. The van der Waals surface area contributed by atoms with E-state index in [1.54, 1.807) is 11.3 Å². The molecule has 8 heteroatoms. The van der Waals surface area contributed by atoms with Crippen LogP contribution >= 0.6 is 11.3 Å². The maximum Gasteiger partial charge on any atom is 0.322 e. The summed E-state index contributed by atoms with van der Waals surface area (Å²) in [5, 5.41) is 14.2. The third kappa shape index (κ3) is 5.85. The molecule has 1 aromatic rings. The van der Waals surface area contributed by atoms with Crippen LogP contribution in [0.1, 0.15) is 31.5 Å². The molecule has 0 bridgehead atoms. The molecular formula is C16H26N4O3S. The molecule has 2 heterocycles. The second-order valence-electron chi connectivity index (χ2n) is 7.12. The van der Waals surface area contributed by atoms with Crippen molar-refractivity contribution in [1.29, 1.82) is 0 Å². The quantitative estimate of drug-likeness (QED) is 0.784. The van der Waals surface area contributed by atoms with Crippen molar-refractivity contribution in [2.45, 2.75) is 32.7 Å². The molecule has 1 saturated heterocycles. The fraction of sp³-hybridized carbons (Fsp3) is 0.688. The van der Waals surface area contributed by atoms with Crippen molar-refractivity contribution < 1.29 is 14.7 Å². The van der Waals surface area contributed by atoms with E-state index in [1.165, 1.54) is 0 Å². The van der Waals surface area contributed by atoms with Crippen LogP contribution in [0.15, 0.2) is 5.38 Å². The number of aromatic nitrogens is 1. The van der Waals surface area contributed by atoms with Gasteiger partial charge in [-0.1, -0.05) is 20.8 Å². The van der Waals surface area contributed by atoms with Gasteiger partial charge in [-0.25, -0.2) is 4.98 Å². The van der Waals surface area contributed by atoms with Gasteiger partial charge in [0.1, 0.15) is 6.54 Å². The van der Waals surface area contributed by atoms with Crippen molar-refractivity contribution in [3.05, 3.63) is 16.1 Å². The molecule has 0 aromatic carbocycles. The summed E-state index contributed by atoms with van der Waals surface area (Å²) >= 11 is 1.71. The number of amides is 1. The van der Waals surface area contributed by atoms with E-state index in [9.17, 15) is 9.59 Å². The van der Waals surface area contributed by atoms with Crippen LogP contribution in [0.25, 0.3) is 0 Å². The first-order valence-electron chi connectivity index (χ1n) is 8.12. The van der Waals surface area contributed by atoms with E-state index in [1.807, 2.05) is 0 Å². The van der Waals surface area contributed by atoms with Gasteiger partial charge in [-0.15, -0.1) is 11.3 Å². The number of carboxylic acid groups (broad SMARTS) is 1. The molecule has 0 spiro atoms. The van der Waals surface area contributed by atoms with Crippen LogP contribution in [0.4, 0.5) is 0 Å². The van der Waals surface area contributed by atoms with E-state index in [4.69, 9.17) is 10.1 Å². The number of nitrogens with one attached hydrogen (secondary N) is 1. The standard InChI is InChI=1S/C16H26N4O3S/c1-16(2,3)15-18-12(11-24-15)9-19-4-6-20(7-5-19)10-13(21)17-8-14(22)23/h11H,4-10H2,1-3H3,(H,17,21)(H,22,23). The average molecular weight is 354 g/mol. The first-order chi connectivity index (χ1) is 11.2. The van der Waals surface area contributed by atoms with Crippen LogP contribution < -0.4 is 5.32 Å². The van der Waals surface area contributed by atoms with Gasteiger partial charge in [0.15, 0.2) is 0 Å². The van der Waals surface area contributed by atoms with Crippen LogP contribution in [0.3, 0.4) is 0 Å². The van der Waals surface area contributed by atoms with Crippen molar-refractivity contribution in [3.63, 3.8) is 0 Å². The number of carbonyl (C=O) groups is 2. The summed E-state index contributed by atoms with van der Waals surface area (Å²) in [5.74, 6) is -1.26. The second-order valence-corrected chi connectivity index (χ2v) is 7.97. The van der Waals surface area contributed by atoms with Gasteiger partial charge < -0.3 is 10.4 Å². The largest absolute Gasteiger partial charge is 0.480 e. The monoisotopic (exact) mass is 354 g/mol. The molecule has 0 aliphatic carbocycles. The number of rotatable bonds is 6. The Morgan fingerprint density at radius 2 is 1.88 bits per heavy atom. The number of hydrogen-bond acceptors (Lipinski definition) is 6. The lowest BCUT2D eigenvalue weighted by Gasteiger charge is -2.33. The van der Waals surface area contributed by atoms with Gasteiger partial charge in [-0.05, 0) is 0 Å². The number of nitrogens with zero attached hydrogens (tertiary/aromatic N) is 3. The number of piperazine rings is 1. The topological polar surface area (TPSA) is 85.8 Å². The van der Waals surface area contributed by atoms with E-state index in [2.05, 4.69) is 41.3 Å². The lowest BCUT2D eigenvalue weighted by molar-refractivity contribution is -0.138. The van der Waals surface area contributed by atoms with Crippen LogP contribution in [-0.2, 0) is 21.5 Å². The van der Waals surface area contributed by atoms with Gasteiger partial charge in [-0.3, -0.25) is 19.4 Å². The Balaban J connectivity index is 1.74. The number of carboxylic acids is 1. The molecular weight excluding hydrogens is 328 g/mol. The van der Waals surface area contributed by atoms with Crippen molar-refractivity contribution in [3.8, 4) is 0 Å². The number of carbonyl (C=O) groups excluding carboxylic acids is 1. The summed E-state index contributed by atoms with van der Waals surface area (Å²) in [5.41, 5.74) is 1.20. The van der Waals surface area contributed by atoms with Gasteiger partial charge in [0.2, 0.25) is 5.91 Å². The normalized spacial score (nSPS) is 17.0. The van der Waals surface area contributed by atoms with Crippen molar-refractivity contribution in [2.75, 3.05) is 39.3 Å². The highest BCUT2D eigenvalue weighted by atomic mass is 32.1. The Kier molecular flexibility index (Phi) is 6.31. The molecule has 1 aliphatic heterocycles. The predicted octanol–water partition coefficient (Wildman–Crippen LogP) is 0.759. The Hall–Kier alpha value is -1.51. The summed E-state index contributed by atoms with van der Waals surface area (Å²) in [6.45, 7) is 10.7. The number of thiazole rings is 1. The van der Waals surface area contributed by atoms with Gasteiger partial charge in [-0.2, -0.15) is 0 Å². The average Bonchev–Trinajstić information content (AvgIpc) is 2.96. The molecule has 2 N–H and O–H groups in total. The molecule has 0 radical (unpaired) electrons. The minimum atomic E-state index is -1.02. The fourth-order valence-electron chi connectivity index (χ4n) is 2.49.